The third-order valence-corrected chi connectivity index (χ3v) is 4.64. The first-order chi connectivity index (χ1) is 9.84. The molecule has 2 heteroatoms. The Kier molecular flexibility index (Phi) is 4.98. The summed E-state index contributed by atoms with van der Waals surface area (Å²) in [6, 6.07) is 7.19. The van der Waals surface area contributed by atoms with Crippen LogP contribution in [0, 0.1) is 11.8 Å². The molecular formula is C19H31NO. The van der Waals surface area contributed by atoms with Crippen LogP contribution in [0.1, 0.15) is 65.1 Å². The number of hydrogen-bond acceptors (Lipinski definition) is 2. The van der Waals surface area contributed by atoms with Gasteiger partial charge in [-0.1, -0.05) is 39.8 Å². The van der Waals surface area contributed by atoms with E-state index in [-0.39, 0.29) is 5.60 Å². The van der Waals surface area contributed by atoms with Gasteiger partial charge in [-0.05, 0) is 55.8 Å². The van der Waals surface area contributed by atoms with E-state index in [1.54, 1.807) is 0 Å². The highest BCUT2D eigenvalue weighted by molar-refractivity contribution is 5.42. The average Bonchev–Trinajstić information content (AvgIpc) is 2.71. The van der Waals surface area contributed by atoms with E-state index >= 15 is 0 Å². The Bertz CT molecular complexity index is 478. The van der Waals surface area contributed by atoms with Gasteiger partial charge in [0.2, 0.25) is 0 Å². The van der Waals surface area contributed by atoms with Gasteiger partial charge in [0.1, 0.15) is 11.4 Å². The molecule has 2 rings (SSSR count). The van der Waals surface area contributed by atoms with Crippen LogP contribution in [0.15, 0.2) is 18.2 Å². The smallest absolute Gasteiger partial charge is 0.123 e. The van der Waals surface area contributed by atoms with Gasteiger partial charge in [-0.25, -0.2) is 0 Å². The lowest BCUT2D eigenvalue weighted by Gasteiger charge is -2.29. The standard InChI is InChI=1S/C19H31NO/c1-7-10-20-18(14(4)13(2)3)15-8-9-17-16(11-15)12-19(5,6)21-17/h8-9,11,13-14,18,20H,7,10,12H2,1-6H3. The van der Waals surface area contributed by atoms with Gasteiger partial charge in [0.15, 0.2) is 0 Å². The Balaban J connectivity index is 2.25. The minimum Gasteiger partial charge on any atom is -0.487 e. The van der Waals surface area contributed by atoms with Gasteiger partial charge < -0.3 is 10.1 Å². The number of rotatable bonds is 6. The highest BCUT2D eigenvalue weighted by Crippen LogP contribution is 2.38. The predicted molar refractivity (Wildman–Crippen MR) is 89.9 cm³/mol. The zero-order valence-electron chi connectivity index (χ0n) is 14.5. The summed E-state index contributed by atoms with van der Waals surface area (Å²) in [6.07, 6.45) is 2.18. The molecule has 0 aliphatic carbocycles. The maximum absolute atomic E-state index is 6.00. The first-order valence-corrected chi connectivity index (χ1v) is 8.39. The van der Waals surface area contributed by atoms with Crippen molar-refractivity contribution in [2.45, 2.75) is 66.0 Å². The van der Waals surface area contributed by atoms with E-state index in [0.29, 0.717) is 17.9 Å². The lowest BCUT2D eigenvalue weighted by molar-refractivity contribution is 0.138. The Hall–Kier alpha value is -1.02. The molecule has 2 unspecified atom stereocenters. The van der Waals surface area contributed by atoms with Crippen LogP contribution in [0.3, 0.4) is 0 Å². The van der Waals surface area contributed by atoms with Gasteiger partial charge >= 0.3 is 0 Å². The van der Waals surface area contributed by atoms with Crippen molar-refractivity contribution in [3.05, 3.63) is 29.3 Å². The van der Waals surface area contributed by atoms with Crippen molar-refractivity contribution in [2.75, 3.05) is 6.54 Å². The minimum atomic E-state index is -0.0586. The number of ether oxygens (including phenoxy) is 1. The van der Waals surface area contributed by atoms with Gasteiger partial charge in [-0.15, -0.1) is 0 Å². The topological polar surface area (TPSA) is 21.3 Å². The normalized spacial score (nSPS) is 19.2. The Morgan fingerprint density at radius 1 is 1.24 bits per heavy atom. The lowest BCUT2D eigenvalue weighted by Crippen LogP contribution is -2.30. The SMILES string of the molecule is CCCNC(c1ccc2c(c1)CC(C)(C)O2)C(C)C(C)C. The summed E-state index contributed by atoms with van der Waals surface area (Å²) in [4.78, 5) is 0. The monoisotopic (exact) mass is 289 g/mol. The molecule has 0 aromatic heterocycles. The van der Waals surface area contributed by atoms with Crippen LogP contribution >= 0.6 is 0 Å². The average molecular weight is 289 g/mol. The van der Waals surface area contributed by atoms with Crippen molar-refractivity contribution in [2.24, 2.45) is 11.8 Å². The van der Waals surface area contributed by atoms with Crippen molar-refractivity contribution >= 4 is 0 Å². The first-order valence-electron chi connectivity index (χ1n) is 8.39. The zero-order chi connectivity index (χ0) is 15.6. The van der Waals surface area contributed by atoms with E-state index in [2.05, 4.69) is 65.1 Å². The molecule has 1 heterocycles. The molecule has 2 nitrogen and oxygen atoms in total. The molecule has 1 aromatic carbocycles. The fraction of sp³-hybridized carbons (Fsp3) is 0.684. The van der Waals surface area contributed by atoms with Gasteiger partial charge in [0.05, 0.1) is 0 Å². The molecule has 0 saturated heterocycles. The first kappa shape index (κ1) is 16.4. The van der Waals surface area contributed by atoms with E-state index in [1.807, 2.05) is 0 Å². The van der Waals surface area contributed by atoms with E-state index < -0.39 is 0 Å². The highest BCUT2D eigenvalue weighted by atomic mass is 16.5. The van der Waals surface area contributed by atoms with Crippen LogP contribution in [-0.4, -0.2) is 12.1 Å². The Morgan fingerprint density at radius 3 is 2.57 bits per heavy atom. The van der Waals surface area contributed by atoms with Crippen LogP contribution in [-0.2, 0) is 6.42 Å². The van der Waals surface area contributed by atoms with Crippen LogP contribution in [0.2, 0.25) is 0 Å². The molecule has 1 aromatic rings. The maximum Gasteiger partial charge on any atom is 0.123 e. The summed E-state index contributed by atoms with van der Waals surface area (Å²) in [5.41, 5.74) is 2.71. The summed E-state index contributed by atoms with van der Waals surface area (Å²) in [6.45, 7) is 14.6. The molecule has 0 amide bonds. The largest absolute Gasteiger partial charge is 0.487 e. The third kappa shape index (κ3) is 3.79. The van der Waals surface area contributed by atoms with E-state index in [4.69, 9.17) is 4.74 Å². The second-order valence-electron chi connectivity index (χ2n) is 7.44. The summed E-state index contributed by atoms with van der Waals surface area (Å²) >= 11 is 0. The van der Waals surface area contributed by atoms with Gasteiger partial charge in [0.25, 0.3) is 0 Å². The van der Waals surface area contributed by atoms with Gasteiger partial charge in [-0.3, -0.25) is 0 Å². The van der Waals surface area contributed by atoms with Crippen LogP contribution in [0.25, 0.3) is 0 Å². The molecule has 0 fully saturated rings. The fourth-order valence-corrected chi connectivity index (χ4v) is 3.11. The number of benzene rings is 1. The minimum absolute atomic E-state index is 0.0586. The molecule has 21 heavy (non-hydrogen) atoms. The molecular weight excluding hydrogens is 258 g/mol. The van der Waals surface area contributed by atoms with E-state index in [9.17, 15) is 0 Å². The summed E-state index contributed by atoms with van der Waals surface area (Å²) in [7, 11) is 0. The van der Waals surface area contributed by atoms with Crippen molar-refractivity contribution in [3.63, 3.8) is 0 Å². The van der Waals surface area contributed by atoms with Crippen molar-refractivity contribution < 1.29 is 4.74 Å². The molecule has 1 aliphatic rings. The summed E-state index contributed by atoms with van der Waals surface area (Å²) < 4.78 is 6.00. The fourth-order valence-electron chi connectivity index (χ4n) is 3.11. The lowest BCUT2D eigenvalue weighted by atomic mass is 9.85. The predicted octanol–water partition coefficient (Wildman–Crippen LogP) is 4.73. The quantitative estimate of drug-likeness (QED) is 0.817. The van der Waals surface area contributed by atoms with E-state index in [1.165, 1.54) is 17.5 Å². The van der Waals surface area contributed by atoms with Gasteiger partial charge in [0, 0.05) is 12.5 Å². The maximum atomic E-state index is 6.00. The molecule has 2 atom stereocenters. The van der Waals surface area contributed by atoms with Crippen molar-refractivity contribution in [1.82, 2.24) is 5.32 Å². The van der Waals surface area contributed by atoms with Crippen LogP contribution in [0.4, 0.5) is 0 Å². The second kappa shape index (κ2) is 6.39. The molecule has 0 bridgehead atoms. The zero-order valence-corrected chi connectivity index (χ0v) is 14.5. The summed E-state index contributed by atoms with van der Waals surface area (Å²) in [5, 5.41) is 3.74. The molecule has 0 saturated carbocycles. The van der Waals surface area contributed by atoms with Gasteiger partial charge in [-0.2, -0.15) is 0 Å². The molecule has 1 aliphatic heterocycles. The second-order valence-corrected chi connectivity index (χ2v) is 7.44. The highest BCUT2D eigenvalue weighted by Gasteiger charge is 2.31. The van der Waals surface area contributed by atoms with E-state index in [0.717, 1.165) is 18.7 Å². The Morgan fingerprint density at radius 2 is 1.95 bits per heavy atom. The Labute approximate surface area is 130 Å². The third-order valence-electron chi connectivity index (χ3n) is 4.64. The number of nitrogens with one attached hydrogen (secondary N) is 1. The molecule has 0 radical (unpaired) electrons. The van der Waals surface area contributed by atoms with Crippen LogP contribution in [0.5, 0.6) is 5.75 Å². The molecule has 1 N–H and O–H groups in total. The molecule has 118 valence electrons. The molecule has 0 spiro atoms. The van der Waals surface area contributed by atoms with Crippen molar-refractivity contribution in [1.29, 1.82) is 0 Å². The number of hydrogen-bond donors (Lipinski definition) is 1. The summed E-state index contributed by atoms with van der Waals surface area (Å²) in [5.74, 6) is 2.35. The number of fused-ring (bicyclic) bond motifs is 1. The van der Waals surface area contributed by atoms with Crippen molar-refractivity contribution in [3.8, 4) is 5.75 Å². The van der Waals surface area contributed by atoms with Crippen LogP contribution < -0.4 is 10.1 Å².